The van der Waals surface area contributed by atoms with E-state index in [1.54, 1.807) is 19.5 Å². The number of rotatable bonds is 5. The second-order valence-corrected chi connectivity index (χ2v) is 4.28. The molecule has 0 aromatic carbocycles. The molecule has 0 saturated heterocycles. The summed E-state index contributed by atoms with van der Waals surface area (Å²) >= 11 is 0. The van der Waals surface area contributed by atoms with Crippen molar-refractivity contribution in [3.05, 3.63) is 24.0 Å². The van der Waals surface area contributed by atoms with Crippen LogP contribution in [0, 0.1) is 5.92 Å². The summed E-state index contributed by atoms with van der Waals surface area (Å²) in [5, 5.41) is 2.89. The van der Waals surface area contributed by atoms with Crippen LogP contribution in [0.25, 0.3) is 0 Å². The number of hydrogen-bond acceptors (Lipinski definition) is 3. The van der Waals surface area contributed by atoms with E-state index in [0.29, 0.717) is 0 Å². The molecule has 1 unspecified atom stereocenters. The second kappa shape index (κ2) is 6.35. The van der Waals surface area contributed by atoms with E-state index in [1.165, 1.54) is 0 Å². The number of aryl methyl sites for hydroxylation is 1. The van der Waals surface area contributed by atoms with Crippen LogP contribution >= 0.6 is 0 Å². The summed E-state index contributed by atoms with van der Waals surface area (Å²) in [6, 6.07) is 1.81. The maximum Gasteiger partial charge on any atom is 0.253 e. The molecule has 4 nitrogen and oxygen atoms in total. The number of methoxy groups -OCH3 is 1. The highest BCUT2D eigenvalue weighted by Crippen LogP contribution is 2.16. The van der Waals surface area contributed by atoms with Crippen LogP contribution in [0.2, 0.25) is 0 Å². The molecule has 0 saturated carbocycles. The van der Waals surface area contributed by atoms with Gasteiger partial charge in [-0.1, -0.05) is 20.8 Å². The quantitative estimate of drug-likeness (QED) is 0.853. The Morgan fingerprint density at radius 3 is 2.76 bits per heavy atom. The van der Waals surface area contributed by atoms with Crippen molar-refractivity contribution in [3.63, 3.8) is 0 Å². The van der Waals surface area contributed by atoms with Crippen molar-refractivity contribution in [1.82, 2.24) is 4.98 Å². The third kappa shape index (κ3) is 3.53. The molecule has 0 aliphatic heterocycles. The lowest BCUT2D eigenvalue weighted by Gasteiger charge is -2.19. The van der Waals surface area contributed by atoms with Crippen LogP contribution in [0.5, 0.6) is 0 Å². The minimum atomic E-state index is -0.423. The van der Waals surface area contributed by atoms with Gasteiger partial charge in [-0.25, -0.2) is 0 Å². The van der Waals surface area contributed by atoms with Gasteiger partial charge >= 0.3 is 0 Å². The number of hydrogen-bond donors (Lipinski definition) is 1. The predicted octanol–water partition coefficient (Wildman–Crippen LogP) is 2.25. The molecule has 0 aliphatic rings. The van der Waals surface area contributed by atoms with Crippen LogP contribution in [0.15, 0.2) is 18.5 Å². The zero-order valence-corrected chi connectivity index (χ0v) is 10.9. The summed E-state index contributed by atoms with van der Waals surface area (Å²) in [6.45, 7) is 5.95. The van der Waals surface area contributed by atoms with Crippen LogP contribution in [-0.4, -0.2) is 24.1 Å². The van der Waals surface area contributed by atoms with Gasteiger partial charge in [0, 0.05) is 25.2 Å². The Morgan fingerprint density at radius 2 is 2.24 bits per heavy atom. The molecular weight excluding hydrogens is 216 g/mol. The van der Waals surface area contributed by atoms with Gasteiger partial charge in [0.15, 0.2) is 0 Å². The van der Waals surface area contributed by atoms with Crippen molar-refractivity contribution >= 4 is 11.6 Å². The highest BCUT2D eigenvalue weighted by atomic mass is 16.5. The smallest absolute Gasteiger partial charge is 0.253 e. The zero-order chi connectivity index (χ0) is 12.8. The molecular formula is C13H20N2O2. The summed E-state index contributed by atoms with van der Waals surface area (Å²) in [6.07, 6.45) is 3.86. The Kier molecular flexibility index (Phi) is 5.10. The molecule has 1 amide bonds. The average Bonchev–Trinajstić information content (AvgIpc) is 2.30. The van der Waals surface area contributed by atoms with Crippen LogP contribution in [0.3, 0.4) is 0 Å². The van der Waals surface area contributed by atoms with Gasteiger partial charge in [0.2, 0.25) is 0 Å². The van der Waals surface area contributed by atoms with Crippen LogP contribution < -0.4 is 5.32 Å². The second-order valence-electron chi connectivity index (χ2n) is 4.28. The molecule has 0 spiro atoms. The van der Waals surface area contributed by atoms with Gasteiger partial charge in [-0.15, -0.1) is 0 Å². The van der Waals surface area contributed by atoms with Crippen molar-refractivity contribution < 1.29 is 9.53 Å². The molecule has 1 aromatic heterocycles. The van der Waals surface area contributed by atoms with E-state index in [4.69, 9.17) is 4.74 Å². The largest absolute Gasteiger partial charge is 0.371 e. The minimum absolute atomic E-state index is 0.108. The van der Waals surface area contributed by atoms with E-state index in [-0.39, 0.29) is 11.8 Å². The molecule has 1 N–H and O–H groups in total. The number of anilines is 1. The molecule has 0 fully saturated rings. The van der Waals surface area contributed by atoms with E-state index < -0.39 is 6.10 Å². The van der Waals surface area contributed by atoms with Crippen molar-refractivity contribution in [2.45, 2.75) is 33.3 Å². The number of carbonyl (C=O) groups excluding carboxylic acids is 1. The average molecular weight is 236 g/mol. The lowest BCUT2D eigenvalue weighted by Crippen LogP contribution is -2.34. The van der Waals surface area contributed by atoms with Gasteiger partial charge < -0.3 is 10.1 Å². The Morgan fingerprint density at radius 1 is 1.53 bits per heavy atom. The van der Waals surface area contributed by atoms with Crippen LogP contribution in [-0.2, 0) is 16.0 Å². The summed E-state index contributed by atoms with van der Waals surface area (Å²) in [5.74, 6) is 0.0373. The van der Waals surface area contributed by atoms with Crippen molar-refractivity contribution in [1.29, 1.82) is 0 Å². The molecule has 1 aromatic rings. The molecule has 4 heteroatoms. The minimum Gasteiger partial charge on any atom is -0.371 e. The van der Waals surface area contributed by atoms with Gasteiger partial charge in [0.25, 0.3) is 5.91 Å². The maximum atomic E-state index is 12.0. The number of ether oxygens (including phenoxy) is 1. The molecule has 1 atom stereocenters. The van der Waals surface area contributed by atoms with E-state index >= 15 is 0 Å². The third-order valence-electron chi connectivity index (χ3n) is 2.66. The van der Waals surface area contributed by atoms with Crippen molar-refractivity contribution in [3.8, 4) is 0 Å². The molecule has 94 valence electrons. The van der Waals surface area contributed by atoms with Gasteiger partial charge in [-0.2, -0.15) is 0 Å². The molecule has 0 aliphatic carbocycles. The fourth-order valence-electron chi connectivity index (χ4n) is 1.72. The first-order valence-electron chi connectivity index (χ1n) is 5.86. The number of nitrogens with one attached hydrogen (secondary N) is 1. The lowest BCUT2D eigenvalue weighted by molar-refractivity contribution is -0.128. The van der Waals surface area contributed by atoms with Gasteiger partial charge in [0.05, 0.1) is 0 Å². The number of carbonyl (C=O) groups is 1. The Balaban J connectivity index is 2.80. The van der Waals surface area contributed by atoms with Crippen LogP contribution in [0.1, 0.15) is 26.3 Å². The standard InChI is InChI=1S/C13H20N2O2/c1-5-10-8-14-7-6-11(10)15-13(16)12(17-4)9(2)3/h6-9,12H,5H2,1-4H3,(H,14,15,16). The summed E-state index contributed by atoms with van der Waals surface area (Å²) < 4.78 is 5.19. The van der Waals surface area contributed by atoms with Crippen LogP contribution in [0.4, 0.5) is 5.69 Å². The monoisotopic (exact) mass is 236 g/mol. The lowest BCUT2D eigenvalue weighted by atomic mass is 10.1. The Hall–Kier alpha value is -1.42. The SMILES string of the molecule is CCc1cnccc1NC(=O)C(OC)C(C)C. The molecule has 1 rings (SSSR count). The fourth-order valence-corrected chi connectivity index (χ4v) is 1.72. The highest BCUT2D eigenvalue weighted by molar-refractivity contribution is 5.94. The number of amides is 1. The Bertz CT molecular complexity index is 377. The first-order chi connectivity index (χ1) is 8.10. The summed E-state index contributed by atoms with van der Waals surface area (Å²) in [5.41, 5.74) is 1.84. The topological polar surface area (TPSA) is 51.2 Å². The fraction of sp³-hybridized carbons (Fsp3) is 0.538. The van der Waals surface area contributed by atoms with E-state index in [2.05, 4.69) is 10.3 Å². The molecule has 1 heterocycles. The Labute approximate surface area is 102 Å². The van der Waals surface area contributed by atoms with Crippen molar-refractivity contribution in [2.24, 2.45) is 5.92 Å². The number of pyridine rings is 1. The molecule has 0 bridgehead atoms. The number of aromatic nitrogens is 1. The maximum absolute atomic E-state index is 12.0. The molecule has 17 heavy (non-hydrogen) atoms. The zero-order valence-electron chi connectivity index (χ0n) is 10.9. The van der Waals surface area contributed by atoms with Gasteiger partial charge in [-0.3, -0.25) is 9.78 Å². The number of nitrogens with zero attached hydrogens (tertiary/aromatic N) is 1. The van der Waals surface area contributed by atoms with E-state index in [0.717, 1.165) is 17.7 Å². The highest BCUT2D eigenvalue weighted by Gasteiger charge is 2.21. The van der Waals surface area contributed by atoms with Crippen molar-refractivity contribution in [2.75, 3.05) is 12.4 Å². The third-order valence-corrected chi connectivity index (χ3v) is 2.66. The van der Waals surface area contributed by atoms with E-state index in [1.807, 2.05) is 26.8 Å². The summed E-state index contributed by atoms with van der Waals surface area (Å²) in [7, 11) is 1.55. The van der Waals surface area contributed by atoms with E-state index in [9.17, 15) is 4.79 Å². The van der Waals surface area contributed by atoms with Gasteiger partial charge in [0.1, 0.15) is 6.10 Å². The normalized spacial score (nSPS) is 12.5. The first-order valence-corrected chi connectivity index (χ1v) is 5.86. The van der Waals surface area contributed by atoms with Gasteiger partial charge in [-0.05, 0) is 24.0 Å². The molecule has 0 radical (unpaired) electrons. The predicted molar refractivity (Wildman–Crippen MR) is 67.9 cm³/mol. The first kappa shape index (κ1) is 13.6. The summed E-state index contributed by atoms with van der Waals surface area (Å²) in [4.78, 5) is 16.0.